The van der Waals surface area contributed by atoms with Crippen molar-refractivity contribution in [3.05, 3.63) is 54.1 Å². The molecule has 0 aromatic heterocycles. The third-order valence-electron chi connectivity index (χ3n) is 5.21. The first-order chi connectivity index (χ1) is 11.3. The Morgan fingerprint density at radius 3 is 2.61 bits per heavy atom. The van der Waals surface area contributed by atoms with Crippen LogP contribution < -0.4 is 5.73 Å². The molecule has 2 aromatic carbocycles. The molecule has 2 atom stereocenters. The molecular formula is C20H24N2S. The van der Waals surface area contributed by atoms with Crippen LogP contribution in [0.1, 0.15) is 43.7 Å². The molecule has 2 nitrogen and oxygen atoms in total. The second kappa shape index (κ2) is 6.58. The predicted molar refractivity (Wildman–Crippen MR) is 97.7 cm³/mol. The minimum absolute atomic E-state index is 0.645. The Kier molecular flexibility index (Phi) is 4.32. The van der Waals surface area contributed by atoms with Crippen molar-refractivity contribution in [2.45, 2.75) is 54.0 Å². The van der Waals surface area contributed by atoms with Crippen LogP contribution in [0.3, 0.4) is 0 Å². The summed E-state index contributed by atoms with van der Waals surface area (Å²) >= 11 is 1.78. The summed E-state index contributed by atoms with van der Waals surface area (Å²) in [6.45, 7) is 1.29. The molecule has 3 heteroatoms. The molecule has 2 fully saturated rings. The molecule has 0 amide bonds. The zero-order valence-electron chi connectivity index (χ0n) is 13.4. The van der Waals surface area contributed by atoms with Crippen LogP contribution in [0.2, 0.25) is 0 Å². The summed E-state index contributed by atoms with van der Waals surface area (Å²) in [6, 6.07) is 18.8. The highest BCUT2D eigenvalue weighted by atomic mass is 32.2. The quantitative estimate of drug-likeness (QED) is 0.796. The fourth-order valence-electron chi connectivity index (χ4n) is 4.09. The highest BCUT2D eigenvalue weighted by molar-refractivity contribution is 7.99. The van der Waals surface area contributed by atoms with Gasteiger partial charge in [-0.3, -0.25) is 4.90 Å². The molecule has 120 valence electrons. The Morgan fingerprint density at radius 1 is 0.913 bits per heavy atom. The molecule has 0 bridgehead atoms. The van der Waals surface area contributed by atoms with Crippen molar-refractivity contribution < 1.29 is 0 Å². The maximum atomic E-state index is 5.86. The molecule has 0 aliphatic carbocycles. The van der Waals surface area contributed by atoms with Crippen LogP contribution in [0.25, 0.3) is 0 Å². The molecule has 0 saturated carbocycles. The number of nitrogens with two attached hydrogens (primary N) is 1. The van der Waals surface area contributed by atoms with E-state index in [0.717, 1.165) is 11.7 Å². The first-order valence-corrected chi connectivity index (χ1v) is 9.50. The number of piperidine rings is 1. The van der Waals surface area contributed by atoms with E-state index < -0.39 is 0 Å². The molecule has 0 spiro atoms. The second-order valence-electron chi connectivity index (χ2n) is 6.72. The van der Waals surface area contributed by atoms with E-state index in [-0.39, 0.29) is 0 Å². The molecular weight excluding hydrogens is 300 g/mol. The molecule has 23 heavy (non-hydrogen) atoms. The van der Waals surface area contributed by atoms with E-state index in [0.29, 0.717) is 6.04 Å². The fraction of sp³-hybridized carbons (Fsp3) is 0.400. The molecule has 2 heterocycles. The average Bonchev–Trinajstić information content (AvgIpc) is 3.00. The highest BCUT2D eigenvalue weighted by Gasteiger charge is 2.35. The summed E-state index contributed by atoms with van der Waals surface area (Å²) in [5.74, 6) is 0. The van der Waals surface area contributed by atoms with Gasteiger partial charge in [0.25, 0.3) is 0 Å². The summed E-state index contributed by atoms with van der Waals surface area (Å²) in [6.07, 6.45) is 6.90. The van der Waals surface area contributed by atoms with Crippen LogP contribution in [0, 0.1) is 0 Å². The normalized spacial score (nSPS) is 24.5. The molecule has 2 aliphatic rings. The predicted octanol–water partition coefficient (Wildman–Crippen LogP) is 5.11. The molecule has 0 radical (unpaired) electrons. The van der Waals surface area contributed by atoms with E-state index in [2.05, 4.69) is 35.2 Å². The number of fused-ring (bicyclic) bond motifs is 1. The Morgan fingerprint density at radius 2 is 1.78 bits per heavy atom. The number of anilines is 1. The number of nitrogen functional groups attached to an aromatic ring is 1. The maximum Gasteiger partial charge on any atom is 0.0351 e. The standard InChI is InChI=1S/C20H24N2S/c21-16-4-3-6-19(14-16)23-18-10-7-15(8-11-18)20-12-9-17-5-1-2-13-22(17)20/h3-4,6-8,10-11,14,17,20H,1-2,5,9,12-13,21H2/t17-,20+/m1/s1. The van der Waals surface area contributed by atoms with Gasteiger partial charge in [0, 0.05) is 27.6 Å². The molecule has 4 rings (SSSR count). The highest BCUT2D eigenvalue weighted by Crippen LogP contribution is 2.40. The van der Waals surface area contributed by atoms with Gasteiger partial charge in [0.15, 0.2) is 0 Å². The number of hydrogen-bond acceptors (Lipinski definition) is 3. The number of benzene rings is 2. The van der Waals surface area contributed by atoms with Crippen molar-refractivity contribution in [1.29, 1.82) is 0 Å². The zero-order chi connectivity index (χ0) is 15.6. The summed E-state index contributed by atoms with van der Waals surface area (Å²) in [5, 5.41) is 0. The van der Waals surface area contributed by atoms with E-state index in [1.165, 1.54) is 54.0 Å². The monoisotopic (exact) mass is 324 g/mol. The summed E-state index contributed by atoms with van der Waals surface area (Å²) in [7, 11) is 0. The Hall–Kier alpha value is -1.45. The number of hydrogen-bond donors (Lipinski definition) is 1. The molecule has 0 unspecified atom stereocenters. The minimum atomic E-state index is 0.645. The molecule has 2 saturated heterocycles. The van der Waals surface area contributed by atoms with Gasteiger partial charge in [0.1, 0.15) is 0 Å². The van der Waals surface area contributed by atoms with E-state index >= 15 is 0 Å². The second-order valence-corrected chi connectivity index (χ2v) is 7.87. The smallest absolute Gasteiger partial charge is 0.0351 e. The van der Waals surface area contributed by atoms with E-state index in [9.17, 15) is 0 Å². The van der Waals surface area contributed by atoms with Crippen molar-refractivity contribution in [1.82, 2.24) is 4.90 Å². The van der Waals surface area contributed by atoms with Gasteiger partial charge < -0.3 is 5.73 Å². The van der Waals surface area contributed by atoms with Crippen LogP contribution in [0.5, 0.6) is 0 Å². The molecule has 2 N–H and O–H groups in total. The van der Waals surface area contributed by atoms with E-state index in [4.69, 9.17) is 5.73 Å². The third-order valence-corrected chi connectivity index (χ3v) is 6.20. The van der Waals surface area contributed by atoms with Crippen LogP contribution in [0.4, 0.5) is 5.69 Å². The van der Waals surface area contributed by atoms with E-state index in [1.807, 2.05) is 18.2 Å². The first-order valence-electron chi connectivity index (χ1n) is 8.69. The van der Waals surface area contributed by atoms with Gasteiger partial charge in [0.2, 0.25) is 0 Å². The van der Waals surface area contributed by atoms with Gasteiger partial charge in [0.05, 0.1) is 0 Å². The van der Waals surface area contributed by atoms with Gasteiger partial charge in [-0.1, -0.05) is 36.4 Å². The lowest BCUT2D eigenvalue weighted by Crippen LogP contribution is -2.35. The van der Waals surface area contributed by atoms with Gasteiger partial charge in [-0.25, -0.2) is 0 Å². The van der Waals surface area contributed by atoms with Crippen molar-refractivity contribution in [2.75, 3.05) is 12.3 Å². The maximum absolute atomic E-state index is 5.86. The summed E-state index contributed by atoms with van der Waals surface area (Å²) in [4.78, 5) is 5.24. The van der Waals surface area contributed by atoms with Gasteiger partial charge in [-0.15, -0.1) is 0 Å². The fourth-order valence-corrected chi connectivity index (χ4v) is 4.98. The van der Waals surface area contributed by atoms with Crippen molar-refractivity contribution >= 4 is 17.4 Å². The van der Waals surface area contributed by atoms with Gasteiger partial charge in [-0.2, -0.15) is 0 Å². The lowest BCUT2D eigenvalue weighted by atomic mass is 10.0. The average molecular weight is 324 g/mol. The number of nitrogens with zero attached hydrogens (tertiary/aromatic N) is 1. The topological polar surface area (TPSA) is 29.3 Å². The Balaban J connectivity index is 1.47. The van der Waals surface area contributed by atoms with E-state index in [1.54, 1.807) is 11.8 Å². The van der Waals surface area contributed by atoms with Crippen molar-refractivity contribution in [3.63, 3.8) is 0 Å². The SMILES string of the molecule is Nc1cccc(Sc2ccc([C@@H]3CC[C@H]4CCCCN43)cc2)c1. The third kappa shape index (κ3) is 3.26. The van der Waals surface area contributed by atoms with Crippen LogP contribution in [0.15, 0.2) is 58.3 Å². The van der Waals surface area contributed by atoms with Crippen molar-refractivity contribution in [2.24, 2.45) is 0 Å². The van der Waals surface area contributed by atoms with Gasteiger partial charge in [-0.05, 0) is 68.1 Å². The number of rotatable bonds is 3. The molecule has 2 aliphatic heterocycles. The summed E-state index contributed by atoms with van der Waals surface area (Å²) < 4.78 is 0. The van der Waals surface area contributed by atoms with Crippen LogP contribution in [-0.4, -0.2) is 17.5 Å². The molecule has 2 aromatic rings. The Labute approximate surface area is 143 Å². The first kappa shape index (κ1) is 15.1. The Bertz CT molecular complexity index is 668. The largest absolute Gasteiger partial charge is 0.399 e. The minimum Gasteiger partial charge on any atom is -0.399 e. The van der Waals surface area contributed by atoms with Crippen LogP contribution >= 0.6 is 11.8 Å². The van der Waals surface area contributed by atoms with Crippen molar-refractivity contribution in [3.8, 4) is 0 Å². The lowest BCUT2D eigenvalue weighted by molar-refractivity contribution is 0.150. The zero-order valence-corrected chi connectivity index (χ0v) is 14.3. The summed E-state index contributed by atoms with van der Waals surface area (Å²) in [5.41, 5.74) is 8.18. The van der Waals surface area contributed by atoms with Crippen LogP contribution in [-0.2, 0) is 0 Å². The van der Waals surface area contributed by atoms with Gasteiger partial charge >= 0.3 is 0 Å². The lowest BCUT2D eigenvalue weighted by Gasteiger charge is -2.34.